The fourth-order valence-corrected chi connectivity index (χ4v) is 4.68. The van der Waals surface area contributed by atoms with Crippen LogP contribution in [0, 0.1) is 6.92 Å². The molecular weight excluding hydrogens is 426 g/mol. The highest BCUT2D eigenvalue weighted by Crippen LogP contribution is 2.27. The number of ether oxygens (including phenoxy) is 1. The van der Waals surface area contributed by atoms with E-state index in [-0.39, 0.29) is 10.8 Å². The van der Waals surface area contributed by atoms with E-state index < -0.39 is 10.0 Å². The molecule has 1 heterocycles. The van der Waals surface area contributed by atoms with Gasteiger partial charge in [-0.05, 0) is 55.0 Å². The predicted molar refractivity (Wildman–Crippen MR) is 124 cm³/mol. The first-order chi connectivity index (χ1) is 15.4. The van der Waals surface area contributed by atoms with Gasteiger partial charge in [0.1, 0.15) is 5.75 Å². The van der Waals surface area contributed by atoms with Gasteiger partial charge in [0.15, 0.2) is 0 Å². The highest BCUT2D eigenvalue weighted by Gasteiger charge is 2.21. The molecule has 0 aliphatic rings. The van der Waals surface area contributed by atoms with Crippen molar-refractivity contribution in [3.05, 3.63) is 95.7 Å². The van der Waals surface area contributed by atoms with Crippen LogP contribution in [0.15, 0.2) is 89.0 Å². The molecule has 7 nitrogen and oxygen atoms in total. The number of hydrazone groups is 1. The van der Waals surface area contributed by atoms with Crippen molar-refractivity contribution in [2.24, 2.45) is 5.10 Å². The molecule has 0 aliphatic heterocycles. The average Bonchev–Trinajstić information content (AvgIpc) is 3.18. The second kappa shape index (κ2) is 8.68. The van der Waals surface area contributed by atoms with E-state index in [2.05, 4.69) is 10.5 Å². The summed E-state index contributed by atoms with van der Waals surface area (Å²) < 4.78 is 33.0. The van der Waals surface area contributed by atoms with Gasteiger partial charge in [0.05, 0.1) is 23.7 Å². The van der Waals surface area contributed by atoms with E-state index in [0.717, 1.165) is 5.56 Å². The molecule has 0 fully saturated rings. The number of amides is 1. The van der Waals surface area contributed by atoms with Crippen LogP contribution in [0.2, 0.25) is 0 Å². The summed E-state index contributed by atoms with van der Waals surface area (Å²) in [5.41, 5.74) is 4.95. The number of rotatable bonds is 6. The third kappa shape index (κ3) is 4.13. The summed E-state index contributed by atoms with van der Waals surface area (Å²) in [5.74, 6) is 0.214. The average molecular weight is 448 g/mol. The van der Waals surface area contributed by atoms with Crippen molar-refractivity contribution >= 4 is 33.0 Å². The summed E-state index contributed by atoms with van der Waals surface area (Å²) in [7, 11) is -2.34. The Bertz CT molecular complexity index is 1410. The molecule has 4 rings (SSSR count). The van der Waals surface area contributed by atoms with E-state index in [4.69, 9.17) is 4.74 Å². The molecule has 4 aromatic rings. The van der Waals surface area contributed by atoms with Crippen LogP contribution in [-0.2, 0) is 10.0 Å². The van der Waals surface area contributed by atoms with Gasteiger partial charge in [-0.1, -0.05) is 30.3 Å². The number of hydrogen-bond acceptors (Lipinski definition) is 5. The number of hydrogen-bond donors (Lipinski definition) is 1. The van der Waals surface area contributed by atoms with Crippen LogP contribution in [0.25, 0.3) is 10.9 Å². The molecule has 0 unspecified atom stereocenters. The minimum absolute atomic E-state index is 0.137. The van der Waals surface area contributed by atoms with Crippen molar-refractivity contribution in [2.45, 2.75) is 11.8 Å². The second-order valence-corrected chi connectivity index (χ2v) is 8.96. The van der Waals surface area contributed by atoms with Gasteiger partial charge in [-0.25, -0.2) is 17.8 Å². The molecule has 0 aliphatic carbocycles. The zero-order valence-corrected chi connectivity index (χ0v) is 18.3. The lowest BCUT2D eigenvalue weighted by Gasteiger charge is -2.08. The van der Waals surface area contributed by atoms with Gasteiger partial charge in [-0.2, -0.15) is 5.10 Å². The molecule has 0 atom stereocenters. The van der Waals surface area contributed by atoms with E-state index in [9.17, 15) is 13.2 Å². The highest BCUT2D eigenvalue weighted by molar-refractivity contribution is 7.90. The molecular formula is C24H21N3O4S. The van der Waals surface area contributed by atoms with E-state index in [0.29, 0.717) is 27.8 Å². The van der Waals surface area contributed by atoms with Crippen LogP contribution in [0.5, 0.6) is 5.75 Å². The van der Waals surface area contributed by atoms with Gasteiger partial charge in [0.25, 0.3) is 15.9 Å². The number of methoxy groups -OCH3 is 1. The normalized spacial score (nSPS) is 11.7. The summed E-state index contributed by atoms with van der Waals surface area (Å²) in [6.45, 7) is 1.89. The zero-order chi connectivity index (χ0) is 22.7. The third-order valence-electron chi connectivity index (χ3n) is 4.98. The number of benzene rings is 3. The molecule has 0 saturated heterocycles. The van der Waals surface area contributed by atoms with Gasteiger partial charge in [0, 0.05) is 22.7 Å². The van der Waals surface area contributed by atoms with Crippen LogP contribution < -0.4 is 10.2 Å². The van der Waals surface area contributed by atoms with Crippen LogP contribution in [0.4, 0.5) is 0 Å². The van der Waals surface area contributed by atoms with Crippen LogP contribution in [0.1, 0.15) is 21.5 Å². The predicted octanol–water partition coefficient (Wildman–Crippen LogP) is 3.96. The fraction of sp³-hybridized carbons (Fsp3) is 0.0833. The molecule has 1 amide bonds. The number of carbonyl (C=O) groups is 1. The maximum atomic E-state index is 13.3. The van der Waals surface area contributed by atoms with E-state index in [1.165, 1.54) is 35.6 Å². The summed E-state index contributed by atoms with van der Waals surface area (Å²) in [5, 5.41) is 4.73. The molecule has 3 aromatic carbocycles. The van der Waals surface area contributed by atoms with Crippen LogP contribution in [0.3, 0.4) is 0 Å². The lowest BCUT2D eigenvalue weighted by molar-refractivity contribution is 0.0955. The number of aryl methyl sites for hydroxylation is 1. The number of nitrogens with zero attached hydrogens (tertiary/aromatic N) is 2. The third-order valence-corrected chi connectivity index (χ3v) is 6.67. The minimum Gasteiger partial charge on any atom is -0.497 e. The quantitative estimate of drug-likeness (QED) is 0.358. The summed E-state index contributed by atoms with van der Waals surface area (Å²) in [6.07, 6.45) is 2.94. The van der Waals surface area contributed by atoms with Gasteiger partial charge < -0.3 is 4.74 Å². The van der Waals surface area contributed by atoms with Crippen molar-refractivity contribution in [1.29, 1.82) is 0 Å². The van der Waals surface area contributed by atoms with Crippen LogP contribution >= 0.6 is 0 Å². The molecule has 162 valence electrons. The Labute approximate surface area is 186 Å². The summed E-state index contributed by atoms with van der Waals surface area (Å²) >= 11 is 0. The van der Waals surface area contributed by atoms with E-state index in [1.54, 1.807) is 42.5 Å². The maximum Gasteiger partial charge on any atom is 0.271 e. The highest BCUT2D eigenvalue weighted by atomic mass is 32.2. The minimum atomic E-state index is -3.86. The topological polar surface area (TPSA) is 89.8 Å². The number of carbonyl (C=O) groups excluding carboxylic acids is 1. The van der Waals surface area contributed by atoms with Crippen molar-refractivity contribution in [2.75, 3.05) is 7.11 Å². The first-order valence-electron chi connectivity index (χ1n) is 9.80. The Hall–Kier alpha value is -3.91. The Balaban J connectivity index is 1.71. The smallest absolute Gasteiger partial charge is 0.271 e. The van der Waals surface area contributed by atoms with E-state index in [1.807, 2.05) is 25.1 Å². The first-order valence-corrected chi connectivity index (χ1v) is 11.2. The summed E-state index contributed by atoms with van der Waals surface area (Å²) in [4.78, 5) is 12.3. The lowest BCUT2D eigenvalue weighted by Crippen LogP contribution is -2.17. The van der Waals surface area contributed by atoms with Crippen molar-refractivity contribution in [3.8, 4) is 5.75 Å². The molecule has 1 aromatic heterocycles. The Morgan fingerprint density at radius 1 is 1.03 bits per heavy atom. The van der Waals surface area contributed by atoms with Gasteiger partial charge >= 0.3 is 0 Å². The Kier molecular flexibility index (Phi) is 5.79. The molecule has 32 heavy (non-hydrogen) atoms. The summed E-state index contributed by atoms with van der Waals surface area (Å²) in [6, 6.07) is 20.5. The molecule has 1 N–H and O–H groups in total. The van der Waals surface area contributed by atoms with Crippen molar-refractivity contribution in [3.63, 3.8) is 0 Å². The van der Waals surface area contributed by atoms with E-state index >= 15 is 0 Å². The largest absolute Gasteiger partial charge is 0.497 e. The maximum absolute atomic E-state index is 13.3. The number of nitrogens with one attached hydrogen (secondary N) is 1. The molecule has 0 saturated carbocycles. The zero-order valence-electron chi connectivity index (χ0n) is 17.5. The Morgan fingerprint density at radius 3 is 2.44 bits per heavy atom. The van der Waals surface area contributed by atoms with Crippen LogP contribution in [-0.4, -0.2) is 31.6 Å². The first kappa shape index (κ1) is 21.3. The van der Waals surface area contributed by atoms with Gasteiger partial charge in [0.2, 0.25) is 0 Å². The molecule has 8 heteroatoms. The molecule has 0 bridgehead atoms. The molecule has 0 spiro atoms. The lowest BCUT2D eigenvalue weighted by atomic mass is 10.1. The fourth-order valence-electron chi connectivity index (χ4n) is 3.31. The van der Waals surface area contributed by atoms with Crippen molar-refractivity contribution < 1.29 is 17.9 Å². The standard InChI is InChI=1S/C24H21N3O4S/c1-17-8-13-22-19(15-25-26-24(28)18-6-4-3-5-7-18)16-27(23(22)14-17)32(29,30)21-11-9-20(31-2)10-12-21/h3-16H,1-2H3,(H,26,28)/b25-15+. The van der Waals surface area contributed by atoms with Gasteiger partial charge in [-0.3, -0.25) is 4.79 Å². The second-order valence-electron chi connectivity index (χ2n) is 7.15. The monoisotopic (exact) mass is 447 g/mol. The Morgan fingerprint density at radius 2 is 1.75 bits per heavy atom. The SMILES string of the molecule is COc1ccc(S(=O)(=O)n2cc(/C=N/NC(=O)c3ccccc3)c3ccc(C)cc32)cc1. The van der Waals surface area contributed by atoms with Crippen molar-refractivity contribution in [1.82, 2.24) is 9.40 Å². The number of aromatic nitrogens is 1. The van der Waals surface area contributed by atoms with Gasteiger partial charge in [-0.15, -0.1) is 0 Å². The number of fused-ring (bicyclic) bond motifs is 1. The molecule has 0 radical (unpaired) electrons.